The van der Waals surface area contributed by atoms with E-state index in [4.69, 9.17) is 18.9 Å². The molecular weight excluding hydrogens is 476 g/mol. The van der Waals surface area contributed by atoms with Gasteiger partial charge in [-0.3, -0.25) is 14.5 Å². The first-order valence-corrected chi connectivity index (χ1v) is 12.5. The maximum atomic E-state index is 14.5. The van der Waals surface area contributed by atoms with Crippen molar-refractivity contribution < 1.29 is 33.6 Å². The number of carbonyl (C=O) groups excluding carboxylic acids is 2. The minimum Gasteiger partial charge on any atom is -0.504 e. The van der Waals surface area contributed by atoms with E-state index in [9.17, 15) is 14.7 Å². The maximum absolute atomic E-state index is 14.5. The molecule has 1 amide bonds. The van der Waals surface area contributed by atoms with Crippen LogP contribution in [-0.4, -0.2) is 74.2 Å². The van der Waals surface area contributed by atoms with Gasteiger partial charge in [-0.1, -0.05) is 13.0 Å². The highest BCUT2D eigenvalue weighted by Crippen LogP contribution is 2.57. The van der Waals surface area contributed by atoms with Crippen molar-refractivity contribution in [3.63, 3.8) is 0 Å². The summed E-state index contributed by atoms with van der Waals surface area (Å²) in [7, 11) is 7.98. The molecule has 0 aromatic heterocycles. The lowest BCUT2D eigenvalue weighted by Gasteiger charge is -2.56. The number of piperazine rings is 1. The summed E-state index contributed by atoms with van der Waals surface area (Å²) >= 11 is 0. The molecule has 2 aromatic rings. The molecule has 198 valence electrons. The van der Waals surface area contributed by atoms with Gasteiger partial charge in [-0.05, 0) is 44.9 Å². The second-order valence-electron chi connectivity index (χ2n) is 9.97. The number of fused-ring (bicyclic) bond motifs is 7. The molecule has 2 aromatic carbocycles. The summed E-state index contributed by atoms with van der Waals surface area (Å²) in [6.07, 6.45) is 0.978. The molecule has 9 nitrogen and oxygen atoms in total. The number of likely N-dealkylation sites (N-methyl/N-ethyl adjacent to an activating group) is 1. The number of aryl methyl sites for hydroxylation is 1. The van der Waals surface area contributed by atoms with Crippen molar-refractivity contribution in [3.8, 4) is 28.7 Å². The summed E-state index contributed by atoms with van der Waals surface area (Å²) in [5.41, 5.74) is 3.93. The second kappa shape index (κ2) is 8.83. The average molecular weight is 511 g/mol. The number of aromatic hydroxyl groups is 1. The molecule has 0 radical (unpaired) electrons. The average Bonchev–Trinajstić information content (AvgIpc) is 2.87. The highest BCUT2D eigenvalue weighted by Gasteiger charge is 2.58. The zero-order valence-corrected chi connectivity index (χ0v) is 22.6. The number of nitrogens with zero attached hydrogens (tertiary/aromatic N) is 2. The Kier molecular flexibility index (Phi) is 6.02. The first kappa shape index (κ1) is 25.2. The molecule has 1 saturated heterocycles. The number of amides is 1. The molecule has 3 aliphatic rings. The summed E-state index contributed by atoms with van der Waals surface area (Å²) in [5.74, 6) is 1.35. The summed E-state index contributed by atoms with van der Waals surface area (Å²) in [5, 5.41) is 11.4. The van der Waals surface area contributed by atoms with Crippen molar-refractivity contribution in [2.75, 3.05) is 35.5 Å². The van der Waals surface area contributed by atoms with Crippen molar-refractivity contribution in [1.82, 2.24) is 9.80 Å². The third-order valence-electron chi connectivity index (χ3n) is 8.36. The third-order valence-corrected chi connectivity index (χ3v) is 8.36. The van der Waals surface area contributed by atoms with Gasteiger partial charge in [-0.15, -0.1) is 0 Å². The number of phenols is 1. The number of phenolic OH excluding ortho intramolecular Hbond substituents is 1. The molecule has 1 fully saturated rings. The summed E-state index contributed by atoms with van der Waals surface area (Å²) in [6.45, 7) is 5.67. The molecule has 4 atom stereocenters. The minimum absolute atomic E-state index is 0.0178. The largest absolute Gasteiger partial charge is 0.504 e. The van der Waals surface area contributed by atoms with Gasteiger partial charge in [0.15, 0.2) is 28.8 Å². The fourth-order valence-corrected chi connectivity index (χ4v) is 6.87. The van der Waals surface area contributed by atoms with Gasteiger partial charge in [0.1, 0.15) is 11.8 Å². The van der Waals surface area contributed by atoms with E-state index in [2.05, 4.69) is 0 Å². The lowest BCUT2D eigenvalue weighted by Crippen LogP contribution is -2.68. The van der Waals surface area contributed by atoms with Crippen LogP contribution in [0.15, 0.2) is 6.07 Å². The highest BCUT2D eigenvalue weighted by molar-refractivity contribution is 6.10. The van der Waals surface area contributed by atoms with Crippen LogP contribution in [0.1, 0.15) is 63.6 Å². The number of ether oxygens (including phenoxy) is 4. The van der Waals surface area contributed by atoms with E-state index in [0.717, 1.165) is 11.1 Å². The third kappa shape index (κ3) is 3.13. The van der Waals surface area contributed by atoms with Crippen LogP contribution in [0.3, 0.4) is 0 Å². The zero-order chi connectivity index (χ0) is 26.9. The summed E-state index contributed by atoms with van der Waals surface area (Å²) in [6, 6.07) is -0.382. The van der Waals surface area contributed by atoms with Crippen molar-refractivity contribution in [2.24, 2.45) is 0 Å². The Hall–Kier alpha value is -3.46. The van der Waals surface area contributed by atoms with E-state index in [1.54, 1.807) is 12.0 Å². The van der Waals surface area contributed by atoms with Gasteiger partial charge < -0.3 is 29.0 Å². The van der Waals surface area contributed by atoms with E-state index < -0.39 is 24.2 Å². The van der Waals surface area contributed by atoms with Crippen molar-refractivity contribution in [2.45, 2.75) is 57.8 Å². The summed E-state index contributed by atoms with van der Waals surface area (Å²) in [4.78, 5) is 32.3. The standard InChI is InChI=1S/C28H34N2O7/c1-9-15-18-19(25(35-6)13(3)26(36-7)27(18)37-8)22(31)21-20-17-14(10-12(2)24(34-5)23(17)32)11-16(29(20)4)28(33)30(15)21/h10,15-16,20-21,32H,9,11H2,1-8H3/t15-,16?,20?,21?/m0/s1. The Morgan fingerprint density at radius 1 is 0.919 bits per heavy atom. The SMILES string of the molecule is CC[C@H]1c2c(OC)c(OC)c(C)c(OC)c2C(=O)C2C3c4c(cc(C)c(OC)c4O)CC(C(=O)N21)N3C. The maximum Gasteiger partial charge on any atom is 0.241 e. The van der Waals surface area contributed by atoms with E-state index in [1.807, 2.05) is 38.8 Å². The molecule has 0 aliphatic carbocycles. The predicted octanol–water partition coefficient (Wildman–Crippen LogP) is 3.50. The number of benzene rings is 2. The number of Topliss-reactive ketones (excluding diaryl/α,β-unsaturated/α-hetero) is 1. The quantitative estimate of drug-likeness (QED) is 0.653. The van der Waals surface area contributed by atoms with Crippen molar-refractivity contribution >= 4 is 11.7 Å². The zero-order valence-electron chi connectivity index (χ0n) is 22.6. The van der Waals surface area contributed by atoms with E-state index >= 15 is 0 Å². The van der Waals surface area contributed by atoms with Gasteiger partial charge >= 0.3 is 0 Å². The Bertz CT molecular complexity index is 1320. The Labute approximate surface area is 216 Å². The summed E-state index contributed by atoms with van der Waals surface area (Å²) < 4.78 is 22.8. The lowest BCUT2D eigenvalue weighted by molar-refractivity contribution is -0.153. The predicted molar refractivity (Wildman–Crippen MR) is 136 cm³/mol. The molecule has 1 N–H and O–H groups in total. The molecular formula is C28H34N2O7. The molecule has 0 saturated carbocycles. The Morgan fingerprint density at radius 3 is 2.11 bits per heavy atom. The minimum atomic E-state index is -0.866. The first-order valence-electron chi connectivity index (χ1n) is 12.5. The molecule has 3 aliphatic heterocycles. The van der Waals surface area contributed by atoms with Gasteiger partial charge in [0, 0.05) is 16.7 Å². The number of methoxy groups -OCH3 is 4. The normalized spacial score (nSPS) is 24.3. The monoisotopic (exact) mass is 510 g/mol. The second-order valence-corrected chi connectivity index (χ2v) is 9.97. The van der Waals surface area contributed by atoms with Crippen LogP contribution >= 0.6 is 0 Å². The van der Waals surface area contributed by atoms with Crippen LogP contribution in [-0.2, 0) is 11.2 Å². The van der Waals surface area contributed by atoms with Crippen LogP contribution in [0.4, 0.5) is 0 Å². The number of rotatable bonds is 5. The van der Waals surface area contributed by atoms with Gasteiger partial charge in [-0.25, -0.2) is 0 Å². The van der Waals surface area contributed by atoms with E-state index in [-0.39, 0.29) is 17.4 Å². The number of ketones is 1. The van der Waals surface area contributed by atoms with E-state index in [0.29, 0.717) is 58.1 Å². The van der Waals surface area contributed by atoms with Crippen LogP contribution in [0.25, 0.3) is 0 Å². The lowest BCUT2D eigenvalue weighted by atomic mass is 9.72. The van der Waals surface area contributed by atoms with Crippen molar-refractivity contribution in [1.29, 1.82) is 0 Å². The molecule has 5 rings (SSSR count). The van der Waals surface area contributed by atoms with Gasteiger partial charge in [0.05, 0.1) is 52.1 Å². The van der Waals surface area contributed by atoms with Gasteiger partial charge in [0.2, 0.25) is 5.91 Å². The van der Waals surface area contributed by atoms with Crippen LogP contribution < -0.4 is 18.9 Å². The number of hydrogen-bond donors (Lipinski definition) is 1. The molecule has 0 spiro atoms. The molecule has 3 unspecified atom stereocenters. The fourth-order valence-electron chi connectivity index (χ4n) is 6.87. The molecule has 9 heteroatoms. The van der Waals surface area contributed by atoms with Crippen LogP contribution in [0.5, 0.6) is 28.7 Å². The van der Waals surface area contributed by atoms with Crippen LogP contribution in [0, 0.1) is 13.8 Å². The number of hydrogen-bond acceptors (Lipinski definition) is 8. The topological polar surface area (TPSA) is 97.8 Å². The first-order chi connectivity index (χ1) is 17.7. The molecule has 2 bridgehead atoms. The Balaban J connectivity index is 1.84. The van der Waals surface area contributed by atoms with Crippen molar-refractivity contribution in [3.05, 3.63) is 39.4 Å². The molecule has 37 heavy (non-hydrogen) atoms. The fraction of sp³-hybridized carbons (Fsp3) is 0.500. The van der Waals surface area contributed by atoms with Gasteiger partial charge in [0.25, 0.3) is 0 Å². The van der Waals surface area contributed by atoms with Crippen LogP contribution in [0.2, 0.25) is 0 Å². The highest BCUT2D eigenvalue weighted by atomic mass is 16.5. The smallest absolute Gasteiger partial charge is 0.241 e. The molecule has 3 heterocycles. The number of carbonyl (C=O) groups is 2. The Morgan fingerprint density at radius 2 is 1.54 bits per heavy atom. The van der Waals surface area contributed by atoms with E-state index in [1.165, 1.54) is 21.3 Å². The van der Waals surface area contributed by atoms with Gasteiger partial charge in [-0.2, -0.15) is 0 Å².